The lowest BCUT2D eigenvalue weighted by molar-refractivity contribution is -0.274. The van der Waals surface area contributed by atoms with Gasteiger partial charge in [0, 0.05) is 17.6 Å². The van der Waals surface area contributed by atoms with Gasteiger partial charge in [-0.05, 0) is 31.5 Å². The van der Waals surface area contributed by atoms with E-state index in [1.165, 1.54) is 12.1 Å². The lowest BCUT2D eigenvalue weighted by Gasteiger charge is -2.12. The van der Waals surface area contributed by atoms with Crippen LogP contribution in [0.4, 0.5) is 13.2 Å². The zero-order valence-electron chi connectivity index (χ0n) is 11.6. The quantitative estimate of drug-likeness (QED) is 0.897. The molecule has 0 saturated heterocycles. The first-order valence-corrected chi connectivity index (χ1v) is 7.15. The normalized spacial score (nSPS) is 13.2. The van der Waals surface area contributed by atoms with E-state index in [0.29, 0.717) is 6.54 Å². The molecule has 0 amide bonds. The summed E-state index contributed by atoms with van der Waals surface area (Å²) in [7, 11) is 0. The van der Waals surface area contributed by atoms with Crippen LogP contribution in [0, 0.1) is 6.92 Å². The molecule has 0 fully saturated rings. The van der Waals surface area contributed by atoms with E-state index in [0.717, 1.165) is 15.4 Å². The molecule has 0 saturated carbocycles. The SMILES string of the molecule is Cc1cnc(C(C)NCc2ccc(OC(F)(F)F)cc2)s1. The van der Waals surface area contributed by atoms with Crippen LogP contribution in [0.1, 0.15) is 28.4 Å². The molecule has 0 radical (unpaired) electrons. The molecular weight excluding hydrogens is 301 g/mol. The van der Waals surface area contributed by atoms with E-state index in [9.17, 15) is 13.2 Å². The van der Waals surface area contributed by atoms with Crippen molar-refractivity contribution in [2.45, 2.75) is 32.8 Å². The number of thiazole rings is 1. The lowest BCUT2D eigenvalue weighted by atomic mass is 10.2. The van der Waals surface area contributed by atoms with Crippen molar-refractivity contribution in [1.82, 2.24) is 10.3 Å². The summed E-state index contributed by atoms with van der Waals surface area (Å²) in [4.78, 5) is 5.44. The average Bonchev–Trinajstić information content (AvgIpc) is 2.82. The number of aromatic nitrogens is 1. The zero-order chi connectivity index (χ0) is 15.5. The predicted octanol–water partition coefficient (Wildman–Crippen LogP) is 4.20. The maximum atomic E-state index is 12.0. The highest BCUT2D eigenvalue weighted by Gasteiger charge is 2.30. The molecule has 0 bridgehead atoms. The lowest BCUT2D eigenvalue weighted by Crippen LogP contribution is -2.18. The molecule has 3 nitrogen and oxygen atoms in total. The number of halogens is 3. The molecule has 0 aliphatic heterocycles. The monoisotopic (exact) mass is 316 g/mol. The second-order valence-corrected chi connectivity index (χ2v) is 5.87. The smallest absolute Gasteiger partial charge is 0.406 e. The summed E-state index contributed by atoms with van der Waals surface area (Å²) < 4.78 is 40.0. The van der Waals surface area contributed by atoms with Crippen LogP contribution in [-0.2, 0) is 6.54 Å². The molecule has 1 unspecified atom stereocenters. The van der Waals surface area contributed by atoms with E-state index in [2.05, 4.69) is 15.0 Å². The van der Waals surface area contributed by atoms with E-state index in [1.54, 1.807) is 23.5 Å². The van der Waals surface area contributed by atoms with Crippen molar-refractivity contribution >= 4 is 11.3 Å². The third-order valence-corrected chi connectivity index (χ3v) is 3.87. The van der Waals surface area contributed by atoms with Crippen LogP contribution in [0.15, 0.2) is 30.5 Å². The first kappa shape index (κ1) is 15.8. The summed E-state index contributed by atoms with van der Waals surface area (Å²) in [6.45, 7) is 4.54. The van der Waals surface area contributed by atoms with Crippen LogP contribution >= 0.6 is 11.3 Å². The Labute approximate surface area is 124 Å². The first-order valence-electron chi connectivity index (χ1n) is 6.34. The molecule has 7 heteroatoms. The van der Waals surface area contributed by atoms with E-state index < -0.39 is 6.36 Å². The molecule has 1 heterocycles. The van der Waals surface area contributed by atoms with Crippen LogP contribution in [-0.4, -0.2) is 11.3 Å². The number of hydrogen-bond acceptors (Lipinski definition) is 4. The molecule has 2 aromatic rings. The van der Waals surface area contributed by atoms with Crippen LogP contribution in [0.2, 0.25) is 0 Å². The summed E-state index contributed by atoms with van der Waals surface area (Å²) >= 11 is 1.62. The fourth-order valence-electron chi connectivity index (χ4n) is 1.74. The van der Waals surface area contributed by atoms with Gasteiger partial charge in [-0.3, -0.25) is 0 Å². The van der Waals surface area contributed by atoms with Crippen molar-refractivity contribution in [2.75, 3.05) is 0 Å². The van der Waals surface area contributed by atoms with Crippen molar-refractivity contribution in [3.8, 4) is 5.75 Å². The Hall–Kier alpha value is -1.60. The largest absolute Gasteiger partial charge is 0.573 e. The Kier molecular flexibility index (Phi) is 4.84. The van der Waals surface area contributed by atoms with Crippen molar-refractivity contribution in [2.24, 2.45) is 0 Å². The molecule has 1 N–H and O–H groups in total. The minimum atomic E-state index is -4.66. The number of hydrogen-bond donors (Lipinski definition) is 1. The highest BCUT2D eigenvalue weighted by molar-refractivity contribution is 7.11. The van der Waals surface area contributed by atoms with Gasteiger partial charge in [-0.25, -0.2) is 4.98 Å². The number of nitrogens with zero attached hydrogens (tertiary/aromatic N) is 1. The Morgan fingerprint density at radius 2 is 1.95 bits per heavy atom. The molecule has 0 aliphatic carbocycles. The number of ether oxygens (including phenoxy) is 1. The van der Waals surface area contributed by atoms with Gasteiger partial charge in [0.1, 0.15) is 10.8 Å². The molecule has 1 aromatic carbocycles. The summed E-state index contributed by atoms with van der Waals surface area (Å²) in [5.74, 6) is -0.213. The van der Waals surface area contributed by atoms with Crippen molar-refractivity contribution < 1.29 is 17.9 Å². The maximum absolute atomic E-state index is 12.0. The summed E-state index contributed by atoms with van der Waals surface area (Å²) in [5.41, 5.74) is 0.879. The standard InChI is InChI=1S/C14H15F3N2OS/c1-9-7-19-13(21-9)10(2)18-8-11-3-5-12(6-4-11)20-14(15,16)17/h3-7,10,18H,8H2,1-2H3. The summed E-state index contributed by atoms with van der Waals surface area (Å²) in [6.07, 6.45) is -2.83. The van der Waals surface area contributed by atoms with Gasteiger partial charge in [-0.15, -0.1) is 24.5 Å². The van der Waals surface area contributed by atoms with Crippen molar-refractivity contribution in [3.63, 3.8) is 0 Å². The Balaban J connectivity index is 1.89. The molecular formula is C14H15F3N2OS. The van der Waals surface area contributed by atoms with Crippen molar-refractivity contribution in [1.29, 1.82) is 0 Å². The fraction of sp³-hybridized carbons (Fsp3) is 0.357. The molecule has 114 valence electrons. The molecule has 1 atom stereocenters. The second-order valence-electron chi connectivity index (χ2n) is 4.60. The topological polar surface area (TPSA) is 34.2 Å². The maximum Gasteiger partial charge on any atom is 0.573 e. The van der Waals surface area contributed by atoms with Crippen LogP contribution in [0.5, 0.6) is 5.75 Å². The van der Waals surface area contributed by atoms with Gasteiger partial charge in [0.05, 0.1) is 6.04 Å². The Morgan fingerprint density at radius 3 is 2.48 bits per heavy atom. The van der Waals surface area contributed by atoms with Gasteiger partial charge in [0.15, 0.2) is 0 Å². The number of benzene rings is 1. The van der Waals surface area contributed by atoms with Gasteiger partial charge in [0.25, 0.3) is 0 Å². The van der Waals surface area contributed by atoms with Crippen LogP contribution in [0.25, 0.3) is 0 Å². The molecule has 21 heavy (non-hydrogen) atoms. The minimum Gasteiger partial charge on any atom is -0.406 e. The summed E-state index contributed by atoms with van der Waals surface area (Å²) in [5, 5.41) is 4.27. The van der Waals surface area contributed by atoms with Crippen LogP contribution < -0.4 is 10.1 Å². The van der Waals surface area contributed by atoms with Gasteiger partial charge in [0.2, 0.25) is 0 Å². The highest BCUT2D eigenvalue weighted by Crippen LogP contribution is 2.23. The van der Waals surface area contributed by atoms with E-state index in [4.69, 9.17) is 0 Å². The van der Waals surface area contributed by atoms with Crippen LogP contribution in [0.3, 0.4) is 0 Å². The number of aryl methyl sites for hydroxylation is 1. The molecule has 0 aliphatic rings. The van der Waals surface area contributed by atoms with Crippen molar-refractivity contribution in [3.05, 3.63) is 45.9 Å². The fourth-order valence-corrected chi connectivity index (χ4v) is 2.54. The molecule has 1 aromatic heterocycles. The van der Waals surface area contributed by atoms with Gasteiger partial charge < -0.3 is 10.1 Å². The van der Waals surface area contributed by atoms with Gasteiger partial charge >= 0.3 is 6.36 Å². The van der Waals surface area contributed by atoms with E-state index in [1.807, 2.05) is 20.0 Å². The van der Waals surface area contributed by atoms with Gasteiger partial charge in [-0.1, -0.05) is 12.1 Å². The average molecular weight is 316 g/mol. The third kappa shape index (κ3) is 5.02. The zero-order valence-corrected chi connectivity index (χ0v) is 12.4. The second kappa shape index (κ2) is 6.44. The highest BCUT2D eigenvalue weighted by atomic mass is 32.1. The molecule has 2 rings (SSSR count). The Morgan fingerprint density at radius 1 is 1.29 bits per heavy atom. The first-order chi connectivity index (χ1) is 9.83. The number of nitrogens with one attached hydrogen (secondary N) is 1. The summed E-state index contributed by atoms with van der Waals surface area (Å²) in [6, 6.07) is 5.92. The minimum absolute atomic E-state index is 0.0924. The Bertz CT molecular complexity index is 581. The van der Waals surface area contributed by atoms with E-state index in [-0.39, 0.29) is 11.8 Å². The van der Waals surface area contributed by atoms with Gasteiger partial charge in [-0.2, -0.15) is 0 Å². The predicted molar refractivity (Wildman–Crippen MR) is 75.2 cm³/mol. The number of rotatable bonds is 5. The number of alkyl halides is 3. The molecule has 0 spiro atoms. The van der Waals surface area contributed by atoms with E-state index >= 15 is 0 Å². The third-order valence-electron chi connectivity index (χ3n) is 2.78.